The van der Waals surface area contributed by atoms with Gasteiger partial charge in [0, 0.05) is 18.1 Å². The van der Waals surface area contributed by atoms with Gasteiger partial charge in [-0.2, -0.15) is 0 Å². The number of β-lactam (4-membered cyclic amide) rings is 1. The summed E-state index contributed by atoms with van der Waals surface area (Å²) in [5, 5.41) is 2.99. The summed E-state index contributed by atoms with van der Waals surface area (Å²) in [4.78, 5) is 27.3. The third-order valence-corrected chi connectivity index (χ3v) is 6.38. The summed E-state index contributed by atoms with van der Waals surface area (Å²) in [7, 11) is 6.19. The lowest BCUT2D eigenvalue weighted by molar-refractivity contribution is -0.137. The molecule has 1 aliphatic heterocycles. The number of rotatable bonds is 8. The fourth-order valence-corrected chi connectivity index (χ4v) is 4.41. The summed E-state index contributed by atoms with van der Waals surface area (Å²) in [5.74, 6) is 2.01. The number of nitrogens with one attached hydrogen (secondary N) is 1. The van der Waals surface area contributed by atoms with Crippen LogP contribution in [0.5, 0.6) is 23.0 Å². The molecular weight excluding hydrogens is 424 g/mol. The number of benzene rings is 2. The molecule has 0 unspecified atom stereocenters. The minimum absolute atomic E-state index is 0.00382. The van der Waals surface area contributed by atoms with Crippen LogP contribution < -0.4 is 29.2 Å². The number of carbonyl (C=O) groups excluding carboxylic acids is 2. The second kappa shape index (κ2) is 8.50. The van der Waals surface area contributed by atoms with Crippen molar-refractivity contribution in [3.8, 4) is 23.0 Å². The summed E-state index contributed by atoms with van der Waals surface area (Å²) >= 11 is 0. The van der Waals surface area contributed by atoms with Crippen molar-refractivity contribution in [2.24, 2.45) is 11.3 Å². The zero-order valence-corrected chi connectivity index (χ0v) is 19.9. The van der Waals surface area contributed by atoms with Gasteiger partial charge in [-0.15, -0.1) is 0 Å². The number of carbonyl (C=O) groups is 2. The molecule has 0 bridgehead atoms. The standard InChI is InChI=1S/C25H30N2O6/c1-25(2)22(15-9-10-18(30-3)17(11-15)26-23(28)14-7-8-14)27(24(25)29)16-12-19(31-4)21(33-6)20(13-16)32-5/h9-14,22H,7-8H2,1-6H3,(H,26,28)/t22-/m0/s1. The van der Waals surface area contributed by atoms with Crippen LogP contribution in [-0.4, -0.2) is 40.3 Å². The van der Waals surface area contributed by atoms with Gasteiger partial charge >= 0.3 is 0 Å². The van der Waals surface area contributed by atoms with E-state index in [1.807, 2.05) is 32.0 Å². The van der Waals surface area contributed by atoms with E-state index in [0.29, 0.717) is 34.4 Å². The maximum atomic E-state index is 13.2. The molecule has 0 radical (unpaired) electrons. The van der Waals surface area contributed by atoms with Gasteiger partial charge in [0.2, 0.25) is 17.6 Å². The van der Waals surface area contributed by atoms with Crippen LogP contribution in [0.25, 0.3) is 0 Å². The van der Waals surface area contributed by atoms with Crippen LogP contribution in [0, 0.1) is 11.3 Å². The summed E-state index contributed by atoms with van der Waals surface area (Å²) in [5.41, 5.74) is 1.48. The molecule has 1 saturated carbocycles. The molecule has 2 aliphatic rings. The first kappa shape index (κ1) is 22.8. The topological polar surface area (TPSA) is 86.3 Å². The average molecular weight is 455 g/mol. The van der Waals surface area contributed by atoms with E-state index in [-0.39, 0.29) is 23.8 Å². The molecule has 33 heavy (non-hydrogen) atoms. The van der Waals surface area contributed by atoms with Crippen molar-refractivity contribution in [2.45, 2.75) is 32.7 Å². The summed E-state index contributed by atoms with van der Waals surface area (Å²) < 4.78 is 21.8. The van der Waals surface area contributed by atoms with Crippen molar-refractivity contribution < 1.29 is 28.5 Å². The number of nitrogens with zero attached hydrogens (tertiary/aromatic N) is 1. The van der Waals surface area contributed by atoms with Crippen LogP contribution in [0.4, 0.5) is 11.4 Å². The number of methoxy groups -OCH3 is 4. The van der Waals surface area contributed by atoms with Crippen LogP contribution in [0.3, 0.4) is 0 Å². The van der Waals surface area contributed by atoms with E-state index in [4.69, 9.17) is 18.9 Å². The van der Waals surface area contributed by atoms with Crippen molar-refractivity contribution in [3.63, 3.8) is 0 Å². The highest BCUT2D eigenvalue weighted by molar-refractivity contribution is 6.06. The van der Waals surface area contributed by atoms with Gasteiger partial charge in [-0.1, -0.05) is 6.07 Å². The fourth-order valence-electron chi connectivity index (χ4n) is 4.41. The Balaban J connectivity index is 1.75. The molecule has 8 heteroatoms. The SMILES string of the molecule is COc1ccc([C@@H]2N(c3cc(OC)c(OC)c(OC)c3)C(=O)C2(C)C)cc1NC(=O)C1CC1. The minimum Gasteiger partial charge on any atom is -0.495 e. The van der Waals surface area contributed by atoms with Crippen LogP contribution >= 0.6 is 0 Å². The Hall–Kier alpha value is -3.42. The summed E-state index contributed by atoms with van der Waals surface area (Å²) in [6.07, 6.45) is 1.82. The molecule has 4 rings (SSSR count). The Bertz CT molecular complexity index is 1070. The normalized spacial score (nSPS) is 18.9. The van der Waals surface area contributed by atoms with Crippen molar-refractivity contribution in [2.75, 3.05) is 38.7 Å². The molecule has 2 amide bonds. The lowest BCUT2D eigenvalue weighted by Crippen LogP contribution is -2.61. The molecule has 8 nitrogen and oxygen atoms in total. The molecular formula is C25H30N2O6. The number of anilines is 2. The molecule has 176 valence electrons. The molecule has 1 saturated heterocycles. The summed E-state index contributed by atoms with van der Waals surface area (Å²) in [6.45, 7) is 3.84. The number of ether oxygens (including phenoxy) is 4. The van der Waals surface area contributed by atoms with Crippen LogP contribution in [-0.2, 0) is 9.59 Å². The monoisotopic (exact) mass is 454 g/mol. The predicted molar refractivity (Wildman–Crippen MR) is 124 cm³/mol. The molecule has 2 aromatic rings. The minimum atomic E-state index is -0.646. The van der Waals surface area contributed by atoms with Gasteiger partial charge in [0.25, 0.3) is 0 Å². The van der Waals surface area contributed by atoms with Gasteiger partial charge in [0.05, 0.1) is 51.3 Å². The molecule has 2 fully saturated rings. The number of amides is 2. The van der Waals surface area contributed by atoms with E-state index < -0.39 is 5.41 Å². The lowest BCUT2D eigenvalue weighted by Gasteiger charge is -2.53. The maximum Gasteiger partial charge on any atom is 0.235 e. The lowest BCUT2D eigenvalue weighted by atomic mass is 9.70. The zero-order valence-electron chi connectivity index (χ0n) is 19.9. The average Bonchev–Trinajstić information content (AvgIpc) is 3.66. The van der Waals surface area contributed by atoms with Gasteiger partial charge < -0.3 is 29.2 Å². The third kappa shape index (κ3) is 3.83. The first-order chi connectivity index (χ1) is 15.8. The molecule has 0 spiro atoms. The van der Waals surface area contributed by atoms with E-state index >= 15 is 0 Å². The van der Waals surface area contributed by atoms with Crippen molar-refractivity contribution in [3.05, 3.63) is 35.9 Å². The van der Waals surface area contributed by atoms with Crippen molar-refractivity contribution >= 4 is 23.2 Å². The first-order valence-corrected chi connectivity index (χ1v) is 10.9. The van der Waals surface area contributed by atoms with E-state index in [2.05, 4.69) is 5.32 Å². The van der Waals surface area contributed by atoms with E-state index in [1.54, 1.807) is 38.4 Å². The highest BCUT2D eigenvalue weighted by Gasteiger charge is 2.55. The van der Waals surface area contributed by atoms with Crippen molar-refractivity contribution in [1.29, 1.82) is 0 Å². The van der Waals surface area contributed by atoms with Crippen LogP contribution in [0.1, 0.15) is 38.3 Å². The smallest absolute Gasteiger partial charge is 0.235 e. The molecule has 1 atom stereocenters. The Kier molecular flexibility index (Phi) is 5.86. The highest BCUT2D eigenvalue weighted by Crippen LogP contribution is 2.54. The number of hydrogen-bond acceptors (Lipinski definition) is 6. The van der Waals surface area contributed by atoms with E-state index in [0.717, 1.165) is 18.4 Å². The predicted octanol–water partition coefficient (Wildman–Crippen LogP) is 4.18. The van der Waals surface area contributed by atoms with Gasteiger partial charge in [-0.05, 0) is 44.4 Å². The molecule has 1 aliphatic carbocycles. The Morgan fingerprint density at radius 2 is 1.55 bits per heavy atom. The van der Waals surface area contributed by atoms with Crippen LogP contribution in [0.2, 0.25) is 0 Å². The van der Waals surface area contributed by atoms with E-state index in [1.165, 1.54) is 7.11 Å². The second-order valence-electron chi connectivity index (χ2n) is 8.91. The second-order valence-corrected chi connectivity index (χ2v) is 8.91. The first-order valence-electron chi connectivity index (χ1n) is 10.9. The quantitative estimate of drug-likeness (QED) is 0.602. The molecule has 1 heterocycles. The molecule has 2 aromatic carbocycles. The molecule has 1 N–H and O–H groups in total. The van der Waals surface area contributed by atoms with Gasteiger partial charge in [-0.3, -0.25) is 9.59 Å². The Morgan fingerprint density at radius 1 is 0.939 bits per heavy atom. The zero-order chi connectivity index (χ0) is 23.9. The maximum absolute atomic E-state index is 13.2. The third-order valence-electron chi connectivity index (χ3n) is 6.38. The van der Waals surface area contributed by atoms with Gasteiger partial charge in [0.15, 0.2) is 11.5 Å². The van der Waals surface area contributed by atoms with E-state index in [9.17, 15) is 9.59 Å². The Morgan fingerprint density at radius 3 is 2.06 bits per heavy atom. The fraction of sp³-hybridized carbons (Fsp3) is 0.440. The van der Waals surface area contributed by atoms with Gasteiger partial charge in [0.1, 0.15) is 5.75 Å². The van der Waals surface area contributed by atoms with Crippen molar-refractivity contribution in [1.82, 2.24) is 0 Å². The summed E-state index contributed by atoms with van der Waals surface area (Å²) in [6, 6.07) is 8.90. The highest BCUT2D eigenvalue weighted by atomic mass is 16.5. The van der Waals surface area contributed by atoms with Gasteiger partial charge in [-0.25, -0.2) is 0 Å². The molecule has 0 aromatic heterocycles. The Labute approximate surface area is 193 Å². The largest absolute Gasteiger partial charge is 0.495 e. The van der Waals surface area contributed by atoms with Crippen LogP contribution in [0.15, 0.2) is 30.3 Å². The number of hydrogen-bond donors (Lipinski definition) is 1.